The molecule has 0 radical (unpaired) electrons. The van der Waals surface area contributed by atoms with Crippen molar-refractivity contribution in [2.75, 3.05) is 6.61 Å². The van der Waals surface area contributed by atoms with E-state index in [1.165, 1.54) is 18.2 Å². The monoisotopic (exact) mass is 902 g/mol. The van der Waals surface area contributed by atoms with Crippen molar-refractivity contribution in [2.45, 2.75) is 82.0 Å². The fraction of sp³-hybridized carbons (Fsp3) is 0.233. The summed E-state index contributed by atoms with van der Waals surface area (Å²) in [5.41, 5.74) is 9.00. The highest BCUT2D eigenvalue weighted by Crippen LogP contribution is 2.63. The zero-order chi connectivity index (χ0) is 48.3. The fourth-order valence-electron chi connectivity index (χ4n) is 11.5. The molecule has 342 valence electrons. The van der Waals surface area contributed by atoms with Gasteiger partial charge in [0.1, 0.15) is 0 Å². The number of aliphatic hydroxyl groups excluding tert-OH is 1. The van der Waals surface area contributed by atoms with Crippen LogP contribution in [0.5, 0.6) is 0 Å². The second kappa shape index (κ2) is 17.0. The summed E-state index contributed by atoms with van der Waals surface area (Å²) in [7, 11) is 0. The molecular weight excluding hydrogens is 849 g/mol. The third-order valence-corrected chi connectivity index (χ3v) is 16.0. The Morgan fingerprint density at radius 2 is 0.897 bits per heavy atom. The van der Waals surface area contributed by atoms with Crippen LogP contribution < -0.4 is 0 Å². The number of fused-ring (bicyclic) bond motifs is 6. The summed E-state index contributed by atoms with van der Waals surface area (Å²) in [6, 6.07) is 47.4. The zero-order valence-corrected chi connectivity index (χ0v) is 38.9. The third kappa shape index (κ3) is 6.60. The first-order valence-electron chi connectivity index (χ1n) is 23.3. The molecule has 7 aromatic rings. The van der Waals surface area contributed by atoms with E-state index >= 15 is 0 Å². The molecule has 0 aliphatic heterocycles. The Morgan fingerprint density at radius 1 is 0.471 bits per heavy atom. The summed E-state index contributed by atoms with van der Waals surface area (Å²) in [6.07, 6.45) is 3.62. The second-order valence-corrected chi connectivity index (χ2v) is 18.9. The Hall–Kier alpha value is -7.42. The average Bonchev–Trinajstić information content (AvgIpc) is 3.82. The van der Waals surface area contributed by atoms with Crippen molar-refractivity contribution in [3.05, 3.63) is 223 Å². The van der Waals surface area contributed by atoms with Crippen LogP contribution in [0.2, 0.25) is 0 Å². The van der Waals surface area contributed by atoms with Crippen LogP contribution in [0.1, 0.15) is 157 Å². The second-order valence-electron chi connectivity index (χ2n) is 18.9. The number of hydrogen-bond donors (Lipinski definition) is 4. The number of benzene rings is 7. The fourth-order valence-corrected chi connectivity index (χ4v) is 11.5. The zero-order valence-electron chi connectivity index (χ0n) is 38.9. The quantitative estimate of drug-likeness (QED) is 0.0743. The molecule has 3 atom stereocenters. The number of carbonyl (C=O) groups excluding carboxylic acids is 1. The first-order chi connectivity index (χ1) is 32.7. The van der Waals surface area contributed by atoms with Gasteiger partial charge in [0.15, 0.2) is 6.29 Å². The Bertz CT molecular complexity index is 3190. The molecule has 9 rings (SSSR count). The van der Waals surface area contributed by atoms with Crippen molar-refractivity contribution < 1.29 is 39.6 Å². The SMILES string of the molecule is CCC(C)(CC)c1ccc2c(c1)C(c1ccccc1)(c1ccc(C(=O)O)c(C=O)c1)c1cc3c(cc1-2)C(c1ccccc1)(c1ccc(C(=O)O)c(C(=O)O)c1)c1cc(C(C)(CC)CCO)ccc1-3. The molecule has 0 aromatic heterocycles. The van der Waals surface area contributed by atoms with Gasteiger partial charge in [-0.3, -0.25) is 4.79 Å². The summed E-state index contributed by atoms with van der Waals surface area (Å²) in [5, 5.41) is 41.5. The minimum Gasteiger partial charge on any atom is -0.478 e. The highest BCUT2D eigenvalue weighted by atomic mass is 16.4. The summed E-state index contributed by atoms with van der Waals surface area (Å²) >= 11 is 0. The van der Waals surface area contributed by atoms with Gasteiger partial charge in [-0.1, -0.05) is 144 Å². The van der Waals surface area contributed by atoms with Crippen molar-refractivity contribution in [1.29, 1.82) is 0 Å². The van der Waals surface area contributed by atoms with Crippen molar-refractivity contribution >= 4 is 24.2 Å². The maximum absolute atomic E-state index is 13.1. The van der Waals surface area contributed by atoms with E-state index in [9.17, 15) is 39.6 Å². The van der Waals surface area contributed by atoms with Crippen LogP contribution in [-0.2, 0) is 21.7 Å². The van der Waals surface area contributed by atoms with E-state index in [1.807, 2.05) is 54.6 Å². The predicted molar refractivity (Wildman–Crippen MR) is 265 cm³/mol. The van der Waals surface area contributed by atoms with Gasteiger partial charge in [-0.2, -0.15) is 0 Å². The lowest BCUT2D eigenvalue weighted by Gasteiger charge is -2.37. The van der Waals surface area contributed by atoms with Crippen LogP contribution in [0, 0.1) is 0 Å². The minimum absolute atomic E-state index is 0.0194. The molecule has 0 amide bonds. The molecule has 7 aromatic carbocycles. The number of aliphatic hydroxyl groups is 1. The van der Waals surface area contributed by atoms with Crippen LogP contribution >= 0.6 is 0 Å². The number of aromatic carboxylic acids is 3. The van der Waals surface area contributed by atoms with Crippen molar-refractivity contribution in [3.8, 4) is 22.3 Å². The Labute approximate surface area is 396 Å². The van der Waals surface area contributed by atoms with Crippen molar-refractivity contribution in [3.63, 3.8) is 0 Å². The maximum atomic E-state index is 13.1. The molecule has 4 N–H and O–H groups in total. The molecule has 68 heavy (non-hydrogen) atoms. The molecular formula is C60H54O8. The van der Waals surface area contributed by atoms with Gasteiger partial charge in [-0.15, -0.1) is 0 Å². The van der Waals surface area contributed by atoms with E-state index in [1.54, 1.807) is 12.1 Å². The molecule has 0 bridgehead atoms. The van der Waals surface area contributed by atoms with Crippen molar-refractivity contribution in [2.24, 2.45) is 0 Å². The maximum Gasteiger partial charge on any atom is 0.336 e. The number of aldehydes is 1. The normalized spacial score (nSPS) is 17.6. The van der Waals surface area contributed by atoms with Gasteiger partial charge in [0.2, 0.25) is 0 Å². The van der Waals surface area contributed by atoms with E-state index in [0.29, 0.717) is 18.3 Å². The van der Waals surface area contributed by atoms with Crippen LogP contribution in [0.25, 0.3) is 22.3 Å². The molecule has 0 heterocycles. The molecule has 0 saturated heterocycles. The van der Waals surface area contributed by atoms with Crippen molar-refractivity contribution in [1.82, 2.24) is 0 Å². The van der Waals surface area contributed by atoms with Crippen LogP contribution in [0.4, 0.5) is 0 Å². The van der Waals surface area contributed by atoms with E-state index in [4.69, 9.17) is 0 Å². The number of rotatable bonds is 15. The molecule has 8 nitrogen and oxygen atoms in total. The van der Waals surface area contributed by atoms with Crippen LogP contribution in [-0.4, -0.2) is 51.2 Å². The molecule has 8 heteroatoms. The first kappa shape index (κ1) is 45.7. The minimum atomic E-state index is -1.36. The molecule has 3 unspecified atom stereocenters. The molecule has 0 spiro atoms. The number of hydrogen-bond acceptors (Lipinski definition) is 5. The summed E-state index contributed by atoms with van der Waals surface area (Å²) in [4.78, 5) is 51.0. The molecule has 2 aliphatic carbocycles. The Balaban J connectivity index is 1.49. The van der Waals surface area contributed by atoms with E-state index in [0.717, 1.165) is 91.6 Å². The Kier molecular flexibility index (Phi) is 11.4. The average molecular weight is 903 g/mol. The lowest BCUT2D eigenvalue weighted by atomic mass is 9.64. The van der Waals surface area contributed by atoms with E-state index in [2.05, 4.69) is 95.3 Å². The van der Waals surface area contributed by atoms with E-state index < -0.39 is 34.2 Å². The lowest BCUT2D eigenvalue weighted by molar-refractivity contribution is 0.0651. The number of carboxylic acid groups (broad SMARTS) is 3. The lowest BCUT2D eigenvalue weighted by Crippen LogP contribution is -2.31. The third-order valence-electron chi connectivity index (χ3n) is 16.0. The highest BCUT2D eigenvalue weighted by molar-refractivity contribution is 6.03. The van der Waals surface area contributed by atoms with Gasteiger partial charge in [0, 0.05) is 12.2 Å². The Morgan fingerprint density at radius 3 is 1.32 bits per heavy atom. The standard InChI is InChI=1S/C60H54O8/c1-6-57(4,7-2)39-19-24-44-47-34-53-48(33-52(47)59(50(44)31-39,37-15-11-9-12-16-37)41-21-23-43(54(63)64)36(29-41)35-62)45-25-20-40(58(5,8-3)27-28-61)32-51(45)60(53,38-17-13-10-14-18-38)42-22-26-46(55(65)66)49(30-42)56(67)68/h9-26,29-35,61H,6-8,27-28H2,1-5H3,(H,63,64)(H,65,66)(H,67,68). The number of carbonyl (C=O) groups is 4. The summed E-state index contributed by atoms with van der Waals surface area (Å²) in [5.74, 6) is -3.90. The van der Waals surface area contributed by atoms with E-state index in [-0.39, 0.29) is 34.3 Å². The highest BCUT2D eigenvalue weighted by Gasteiger charge is 2.52. The summed E-state index contributed by atoms with van der Waals surface area (Å²) < 4.78 is 0. The van der Waals surface area contributed by atoms with Gasteiger partial charge in [0.05, 0.1) is 27.5 Å². The van der Waals surface area contributed by atoms with Gasteiger partial charge in [-0.25, -0.2) is 14.4 Å². The predicted octanol–water partition coefficient (Wildman–Crippen LogP) is 12.4. The van der Waals surface area contributed by atoms with Gasteiger partial charge < -0.3 is 20.4 Å². The topological polar surface area (TPSA) is 149 Å². The smallest absolute Gasteiger partial charge is 0.336 e. The molecule has 0 saturated carbocycles. The van der Waals surface area contributed by atoms with Crippen LogP contribution in [0.15, 0.2) is 146 Å². The van der Waals surface area contributed by atoms with Gasteiger partial charge in [-0.05, 0) is 151 Å². The van der Waals surface area contributed by atoms with Crippen LogP contribution in [0.3, 0.4) is 0 Å². The summed E-state index contributed by atoms with van der Waals surface area (Å²) in [6.45, 7) is 10.9. The van der Waals surface area contributed by atoms with Gasteiger partial charge >= 0.3 is 17.9 Å². The molecule has 0 fully saturated rings. The number of carboxylic acids is 3. The van der Waals surface area contributed by atoms with Gasteiger partial charge in [0.25, 0.3) is 0 Å². The largest absolute Gasteiger partial charge is 0.478 e. The first-order valence-corrected chi connectivity index (χ1v) is 23.3. The molecule has 2 aliphatic rings.